The van der Waals surface area contributed by atoms with Crippen molar-refractivity contribution < 1.29 is 9.84 Å². The van der Waals surface area contributed by atoms with Gasteiger partial charge in [-0.2, -0.15) is 0 Å². The molecule has 1 aromatic carbocycles. The average molecular weight is 283 g/mol. The highest BCUT2D eigenvalue weighted by Gasteiger charge is 2.38. The fourth-order valence-corrected chi connectivity index (χ4v) is 3.32. The van der Waals surface area contributed by atoms with Crippen molar-refractivity contribution in [2.75, 3.05) is 7.11 Å². The average Bonchev–Trinajstić information content (AvgIpc) is 2.38. The first-order valence-corrected chi connectivity index (χ1v) is 7.40. The van der Waals surface area contributed by atoms with Crippen LogP contribution in [0.3, 0.4) is 0 Å². The third-order valence-electron chi connectivity index (χ3n) is 4.37. The predicted octanol–water partition coefficient (Wildman–Crippen LogP) is 4.38. The number of halogens is 1. The molecule has 1 aromatic rings. The number of hydrogen-bond donors (Lipinski definition) is 1. The number of ether oxygens (including phenoxy) is 1. The SMILES string of the molecule is COc1ccc(Cl)cc1C1(O)CCCC(C(C)C)C1. The summed E-state index contributed by atoms with van der Waals surface area (Å²) in [5, 5.41) is 11.7. The Labute approximate surface area is 120 Å². The normalized spacial score (nSPS) is 27.6. The van der Waals surface area contributed by atoms with E-state index in [4.69, 9.17) is 16.3 Å². The van der Waals surface area contributed by atoms with Crippen LogP contribution < -0.4 is 4.74 Å². The van der Waals surface area contributed by atoms with Crippen LogP contribution in [0.25, 0.3) is 0 Å². The van der Waals surface area contributed by atoms with Gasteiger partial charge in [0.25, 0.3) is 0 Å². The predicted molar refractivity (Wildman–Crippen MR) is 78.7 cm³/mol. The molecule has 0 heterocycles. The summed E-state index contributed by atoms with van der Waals surface area (Å²) in [6.07, 6.45) is 3.83. The second kappa shape index (κ2) is 5.72. The number of hydrogen-bond acceptors (Lipinski definition) is 2. The summed E-state index contributed by atoms with van der Waals surface area (Å²) < 4.78 is 5.40. The molecule has 0 bridgehead atoms. The van der Waals surface area contributed by atoms with Gasteiger partial charge in [0.15, 0.2) is 0 Å². The Hall–Kier alpha value is -0.730. The minimum Gasteiger partial charge on any atom is -0.496 e. The van der Waals surface area contributed by atoms with Gasteiger partial charge in [-0.25, -0.2) is 0 Å². The molecule has 1 aliphatic rings. The van der Waals surface area contributed by atoms with Crippen LogP contribution in [0.5, 0.6) is 5.75 Å². The fourth-order valence-electron chi connectivity index (χ4n) is 3.15. The van der Waals surface area contributed by atoms with E-state index in [0.717, 1.165) is 30.6 Å². The van der Waals surface area contributed by atoms with Gasteiger partial charge in [0, 0.05) is 10.6 Å². The molecular formula is C16H23ClO2. The van der Waals surface area contributed by atoms with Gasteiger partial charge in [0.1, 0.15) is 5.75 Å². The van der Waals surface area contributed by atoms with Crippen LogP contribution in [0, 0.1) is 11.8 Å². The molecular weight excluding hydrogens is 260 g/mol. The molecule has 0 saturated heterocycles. The Morgan fingerprint density at radius 1 is 1.42 bits per heavy atom. The molecule has 106 valence electrons. The third kappa shape index (κ3) is 3.06. The van der Waals surface area contributed by atoms with Crippen molar-refractivity contribution in [3.63, 3.8) is 0 Å². The van der Waals surface area contributed by atoms with E-state index in [1.54, 1.807) is 13.2 Å². The maximum absolute atomic E-state index is 11.1. The lowest BCUT2D eigenvalue weighted by Crippen LogP contribution is -2.34. The Balaban J connectivity index is 2.35. The van der Waals surface area contributed by atoms with Crippen molar-refractivity contribution >= 4 is 11.6 Å². The van der Waals surface area contributed by atoms with Gasteiger partial charge in [-0.15, -0.1) is 0 Å². The molecule has 0 aliphatic heterocycles. The van der Waals surface area contributed by atoms with Gasteiger partial charge >= 0.3 is 0 Å². The lowest BCUT2D eigenvalue weighted by atomic mass is 9.71. The highest BCUT2D eigenvalue weighted by Crippen LogP contribution is 2.45. The minimum atomic E-state index is -0.802. The monoisotopic (exact) mass is 282 g/mol. The summed E-state index contributed by atoms with van der Waals surface area (Å²) in [4.78, 5) is 0. The van der Waals surface area contributed by atoms with Crippen LogP contribution >= 0.6 is 11.6 Å². The molecule has 2 unspecified atom stereocenters. The molecule has 3 heteroatoms. The zero-order chi connectivity index (χ0) is 14.0. The maximum atomic E-state index is 11.1. The largest absolute Gasteiger partial charge is 0.496 e. The summed E-state index contributed by atoms with van der Waals surface area (Å²) in [5.74, 6) is 1.88. The molecule has 1 fully saturated rings. The molecule has 2 atom stereocenters. The van der Waals surface area contributed by atoms with Crippen molar-refractivity contribution in [1.82, 2.24) is 0 Å². The van der Waals surface area contributed by atoms with E-state index < -0.39 is 5.60 Å². The van der Waals surface area contributed by atoms with Crippen LogP contribution in [0.2, 0.25) is 5.02 Å². The lowest BCUT2D eigenvalue weighted by molar-refractivity contribution is -0.0310. The quantitative estimate of drug-likeness (QED) is 0.891. The van der Waals surface area contributed by atoms with Gasteiger partial charge in [0.05, 0.1) is 12.7 Å². The van der Waals surface area contributed by atoms with E-state index in [-0.39, 0.29) is 0 Å². The Morgan fingerprint density at radius 3 is 2.79 bits per heavy atom. The fraction of sp³-hybridized carbons (Fsp3) is 0.625. The van der Waals surface area contributed by atoms with Crippen molar-refractivity contribution in [3.05, 3.63) is 28.8 Å². The third-order valence-corrected chi connectivity index (χ3v) is 4.61. The maximum Gasteiger partial charge on any atom is 0.125 e. The van der Waals surface area contributed by atoms with Gasteiger partial charge in [-0.1, -0.05) is 25.4 Å². The van der Waals surface area contributed by atoms with Crippen molar-refractivity contribution in [3.8, 4) is 5.75 Å². The van der Waals surface area contributed by atoms with E-state index in [0.29, 0.717) is 16.9 Å². The summed E-state index contributed by atoms with van der Waals surface area (Å²) in [7, 11) is 1.64. The zero-order valence-electron chi connectivity index (χ0n) is 11.9. The van der Waals surface area contributed by atoms with E-state index in [1.165, 1.54) is 6.42 Å². The zero-order valence-corrected chi connectivity index (χ0v) is 12.7. The highest BCUT2D eigenvalue weighted by molar-refractivity contribution is 6.30. The topological polar surface area (TPSA) is 29.5 Å². The molecule has 1 aliphatic carbocycles. The molecule has 0 amide bonds. The first-order valence-electron chi connectivity index (χ1n) is 7.02. The summed E-state index contributed by atoms with van der Waals surface area (Å²) in [5.41, 5.74) is 0.0384. The second-order valence-electron chi connectivity index (χ2n) is 5.98. The Morgan fingerprint density at radius 2 is 2.16 bits per heavy atom. The van der Waals surface area contributed by atoms with Gasteiger partial charge < -0.3 is 9.84 Å². The molecule has 2 rings (SSSR count). The van der Waals surface area contributed by atoms with Crippen LogP contribution in [0.15, 0.2) is 18.2 Å². The Bertz CT molecular complexity index is 444. The second-order valence-corrected chi connectivity index (χ2v) is 6.41. The molecule has 0 radical (unpaired) electrons. The van der Waals surface area contributed by atoms with Crippen LogP contribution in [-0.2, 0) is 5.60 Å². The molecule has 2 nitrogen and oxygen atoms in total. The van der Waals surface area contributed by atoms with E-state index in [9.17, 15) is 5.11 Å². The van der Waals surface area contributed by atoms with E-state index in [1.807, 2.05) is 12.1 Å². The number of benzene rings is 1. The molecule has 19 heavy (non-hydrogen) atoms. The lowest BCUT2D eigenvalue weighted by Gasteiger charge is -2.39. The minimum absolute atomic E-state index is 0.558. The van der Waals surface area contributed by atoms with Crippen molar-refractivity contribution in [1.29, 1.82) is 0 Å². The van der Waals surface area contributed by atoms with Gasteiger partial charge in [-0.3, -0.25) is 0 Å². The Kier molecular flexibility index (Phi) is 4.42. The highest BCUT2D eigenvalue weighted by atomic mass is 35.5. The first-order chi connectivity index (χ1) is 8.96. The number of methoxy groups -OCH3 is 1. The van der Waals surface area contributed by atoms with Crippen molar-refractivity contribution in [2.45, 2.75) is 45.1 Å². The smallest absolute Gasteiger partial charge is 0.125 e. The summed E-state index contributed by atoms with van der Waals surface area (Å²) in [6.45, 7) is 4.46. The number of rotatable bonds is 3. The summed E-state index contributed by atoms with van der Waals surface area (Å²) >= 11 is 6.09. The van der Waals surface area contributed by atoms with Gasteiger partial charge in [0.2, 0.25) is 0 Å². The molecule has 1 N–H and O–H groups in total. The van der Waals surface area contributed by atoms with Crippen molar-refractivity contribution in [2.24, 2.45) is 11.8 Å². The van der Waals surface area contributed by atoms with Crippen LogP contribution in [-0.4, -0.2) is 12.2 Å². The molecule has 0 spiro atoms. The first kappa shape index (κ1) is 14.7. The van der Waals surface area contributed by atoms with E-state index in [2.05, 4.69) is 13.8 Å². The van der Waals surface area contributed by atoms with E-state index >= 15 is 0 Å². The standard InChI is InChI=1S/C16H23ClO2/c1-11(2)12-5-4-8-16(18,10-12)14-9-13(17)6-7-15(14)19-3/h6-7,9,11-12,18H,4-5,8,10H2,1-3H3. The molecule has 0 aromatic heterocycles. The van der Waals surface area contributed by atoms with Gasteiger partial charge in [-0.05, 0) is 55.7 Å². The van der Waals surface area contributed by atoms with Crippen LogP contribution in [0.4, 0.5) is 0 Å². The summed E-state index contributed by atoms with van der Waals surface area (Å²) in [6, 6.07) is 5.49. The van der Waals surface area contributed by atoms with Crippen LogP contribution in [0.1, 0.15) is 45.1 Å². The molecule has 1 saturated carbocycles. The number of aliphatic hydroxyl groups is 1.